The fourth-order valence-electron chi connectivity index (χ4n) is 2.23. The summed E-state index contributed by atoms with van der Waals surface area (Å²) >= 11 is 1.59. The second kappa shape index (κ2) is 4.94. The Morgan fingerprint density at radius 3 is 3.17 bits per heavy atom. The van der Waals surface area contributed by atoms with E-state index in [1.54, 1.807) is 11.3 Å². The maximum absolute atomic E-state index is 11.9. The van der Waals surface area contributed by atoms with E-state index in [1.165, 1.54) is 0 Å². The van der Waals surface area contributed by atoms with Crippen LogP contribution in [-0.4, -0.2) is 11.1 Å². The molecule has 0 fully saturated rings. The van der Waals surface area contributed by atoms with Gasteiger partial charge in [0.2, 0.25) is 11.8 Å². The first-order valence-corrected chi connectivity index (χ1v) is 7.00. The number of hydrogen-bond acceptors (Lipinski definition) is 4. The summed E-state index contributed by atoms with van der Waals surface area (Å²) in [4.78, 5) is 12.9. The normalized spacial score (nSPS) is 14.2. The number of nitrogens with zero attached hydrogens (tertiary/aromatic N) is 1. The number of thiophene rings is 1. The lowest BCUT2D eigenvalue weighted by Crippen LogP contribution is -2.15. The van der Waals surface area contributed by atoms with Crippen LogP contribution < -0.4 is 5.32 Å². The second-order valence-corrected chi connectivity index (χ2v) is 5.48. The third kappa shape index (κ3) is 2.31. The third-order valence-corrected chi connectivity index (χ3v) is 4.00. The minimum atomic E-state index is -0.0398. The van der Waals surface area contributed by atoms with E-state index in [0.29, 0.717) is 12.3 Å². The highest BCUT2D eigenvalue weighted by Crippen LogP contribution is 2.27. The molecule has 3 rings (SSSR count). The summed E-state index contributed by atoms with van der Waals surface area (Å²) in [6.45, 7) is 0. The first-order valence-electron chi connectivity index (χ1n) is 6.12. The van der Waals surface area contributed by atoms with E-state index in [0.717, 1.165) is 41.8 Å². The molecule has 2 heterocycles. The van der Waals surface area contributed by atoms with Gasteiger partial charge in [0.1, 0.15) is 0 Å². The van der Waals surface area contributed by atoms with Gasteiger partial charge in [-0.15, -0.1) is 11.3 Å². The predicted octanol–water partition coefficient (Wildman–Crippen LogP) is 2.80. The molecule has 0 aromatic carbocycles. The van der Waals surface area contributed by atoms with E-state index < -0.39 is 0 Å². The number of amides is 1. The highest BCUT2D eigenvalue weighted by Gasteiger charge is 2.20. The molecular weight excluding hydrogens is 248 g/mol. The van der Waals surface area contributed by atoms with E-state index in [2.05, 4.69) is 10.5 Å². The molecule has 5 heteroatoms. The van der Waals surface area contributed by atoms with Gasteiger partial charge in [0.25, 0.3) is 0 Å². The zero-order valence-corrected chi connectivity index (χ0v) is 10.8. The summed E-state index contributed by atoms with van der Waals surface area (Å²) in [5.74, 6) is 0.508. The summed E-state index contributed by atoms with van der Waals surface area (Å²) in [7, 11) is 0. The zero-order chi connectivity index (χ0) is 12.4. The molecule has 0 aliphatic heterocycles. The number of aryl methyl sites for hydroxylation is 1. The van der Waals surface area contributed by atoms with Crippen LogP contribution in [0.4, 0.5) is 5.88 Å². The summed E-state index contributed by atoms with van der Waals surface area (Å²) in [6, 6.07) is 3.91. The van der Waals surface area contributed by atoms with Crippen molar-refractivity contribution in [1.82, 2.24) is 5.16 Å². The van der Waals surface area contributed by atoms with Crippen molar-refractivity contribution in [3.05, 3.63) is 33.6 Å². The Bertz CT molecular complexity index is 545. The van der Waals surface area contributed by atoms with Crippen LogP contribution in [0.3, 0.4) is 0 Å². The van der Waals surface area contributed by atoms with Gasteiger partial charge in [-0.2, -0.15) is 0 Å². The van der Waals surface area contributed by atoms with Crippen molar-refractivity contribution in [1.29, 1.82) is 0 Å². The lowest BCUT2D eigenvalue weighted by Gasteiger charge is -2.09. The molecule has 2 aromatic rings. The molecule has 0 radical (unpaired) electrons. The van der Waals surface area contributed by atoms with Crippen molar-refractivity contribution in [3.8, 4) is 0 Å². The smallest absolute Gasteiger partial charge is 0.234 e. The highest BCUT2D eigenvalue weighted by atomic mass is 32.1. The molecule has 0 bridgehead atoms. The van der Waals surface area contributed by atoms with E-state index in [9.17, 15) is 4.79 Å². The van der Waals surface area contributed by atoms with E-state index in [4.69, 9.17) is 4.52 Å². The topological polar surface area (TPSA) is 55.1 Å². The van der Waals surface area contributed by atoms with Gasteiger partial charge < -0.3 is 4.52 Å². The molecule has 18 heavy (non-hydrogen) atoms. The molecule has 0 unspecified atom stereocenters. The highest BCUT2D eigenvalue weighted by molar-refractivity contribution is 7.10. The van der Waals surface area contributed by atoms with Crippen LogP contribution in [0.15, 0.2) is 22.0 Å². The number of aromatic nitrogens is 1. The van der Waals surface area contributed by atoms with Crippen LogP contribution in [0.25, 0.3) is 0 Å². The van der Waals surface area contributed by atoms with Crippen LogP contribution >= 0.6 is 11.3 Å². The van der Waals surface area contributed by atoms with Gasteiger partial charge in [0.05, 0.1) is 12.1 Å². The van der Waals surface area contributed by atoms with E-state index in [-0.39, 0.29) is 5.91 Å². The van der Waals surface area contributed by atoms with Crippen molar-refractivity contribution in [2.75, 3.05) is 5.32 Å². The molecule has 0 atom stereocenters. The molecule has 0 spiro atoms. The zero-order valence-electron chi connectivity index (χ0n) is 9.94. The summed E-state index contributed by atoms with van der Waals surface area (Å²) in [5.41, 5.74) is 2.09. The monoisotopic (exact) mass is 262 g/mol. The third-order valence-electron chi connectivity index (χ3n) is 3.13. The van der Waals surface area contributed by atoms with Crippen LogP contribution in [0.5, 0.6) is 0 Å². The Morgan fingerprint density at radius 2 is 2.33 bits per heavy atom. The Hall–Kier alpha value is -1.62. The lowest BCUT2D eigenvalue weighted by molar-refractivity contribution is -0.115. The Morgan fingerprint density at radius 1 is 1.44 bits per heavy atom. The molecule has 94 valence electrons. The average Bonchev–Trinajstić information content (AvgIpc) is 3.00. The lowest BCUT2D eigenvalue weighted by atomic mass is 9.98. The van der Waals surface area contributed by atoms with Gasteiger partial charge in [-0.1, -0.05) is 11.2 Å². The van der Waals surface area contributed by atoms with Crippen molar-refractivity contribution in [3.63, 3.8) is 0 Å². The van der Waals surface area contributed by atoms with E-state index in [1.807, 2.05) is 17.5 Å². The molecule has 1 aliphatic rings. The number of anilines is 1. The summed E-state index contributed by atoms with van der Waals surface area (Å²) < 4.78 is 5.23. The first-order chi connectivity index (χ1) is 8.83. The predicted molar refractivity (Wildman–Crippen MR) is 69.8 cm³/mol. The minimum absolute atomic E-state index is 0.0398. The first kappa shape index (κ1) is 11.5. The van der Waals surface area contributed by atoms with Crippen molar-refractivity contribution >= 4 is 23.1 Å². The minimum Gasteiger partial charge on any atom is -0.338 e. The van der Waals surface area contributed by atoms with Crippen molar-refractivity contribution < 1.29 is 9.32 Å². The van der Waals surface area contributed by atoms with Crippen LogP contribution in [0, 0.1) is 0 Å². The van der Waals surface area contributed by atoms with Gasteiger partial charge in [0, 0.05) is 10.4 Å². The molecule has 1 amide bonds. The number of hydrogen-bond donors (Lipinski definition) is 1. The van der Waals surface area contributed by atoms with Crippen molar-refractivity contribution in [2.45, 2.75) is 32.1 Å². The number of nitrogens with one attached hydrogen (secondary N) is 1. The number of fused-ring (bicyclic) bond motifs is 1. The van der Waals surface area contributed by atoms with Crippen molar-refractivity contribution in [2.24, 2.45) is 0 Å². The maximum Gasteiger partial charge on any atom is 0.234 e. The maximum atomic E-state index is 11.9. The van der Waals surface area contributed by atoms with Gasteiger partial charge in [-0.05, 0) is 37.1 Å². The van der Waals surface area contributed by atoms with E-state index >= 15 is 0 Å². The largest absolute Gasteiger partial charge is 0.338 e. The molecular formula is C13H14N2O2S. The second-order valence-electron chi connectivity index (χ2n) is 4.45. The molecule has 2 aromatic heterocycles. The average molecular weight is 262 g/mol. The fourth-order valence-corrected chi connectivity index (χ4v) is 2.93. The van der Waals surface area contributed by atoms with Crippen LogP contribution in [-0.2, 0) is 24.1 Å². The van der Waals surface area contributed by atoms with Gasteiger partial charge in [0.15, 0.2) is 0 Å². The standard InChI is InChI=1S/C13H14N2O2S/c16-12(8-9-4-3-7-18-9)14-13-10-5-1-2-6-11(10)15-17-13/h3-4,7H,1-2,5-6,8H2,(H,14,16). The molecule has 1 N–H and O–H groups in total. The summed E-state index contributed by atoms with van der Waals surface area (Å²) in [5, 5.41) is 8.82. The SMILES string of the molecule is O=C(Cc1cccs1)Nc1onc2c1CCCC2. The number of carbonyl (C=O) groups excluding carboxylic acids is 1. The van der Waals surface area contributed by atoms with Gasteiger partial charge in [-0.3, -0.25) is 10.1 Å². The fraction of sp³-hybridized carbons (Fsp3) is 0.385. The van der Waals surface area contributed by atoms with Gasteiger partial charge in [-0.25, -0.2) is 0 Å². The Kier molecular flexibility index (Phi) is 3.15. The summed E-state index contributed by atoms with van der Waals surface area (Å²) in [6.07, 6.45) is 4.60. The van der Waals surface area contributed by atoms with Crippen LogP contribution in [0.2, 0.25) is 0 Å². The quantitative estimate of drug-likeness (QED) is 0.925. The molecule has 0 saturated heterocycles. The molecule has 1 aliphatic carbocycles. The number of carbonyl (C=O) groups is 1. The van der Waals surface area contributed by atoms with Gasteiger partial charge >= 0.3 is 0 Å². The molecule has 4 nitrogen and oxygen atoms in total. The van der Waals surface area contributed by atoms with Crippen LogP contribution in [0.1, 0.15) is 29.0 Å². The Labute approximate surface area is 109 Å². The Balaban J connectivity index is 1.69. The number of rotatable bonds is 3. The molecule has 0 saturated carbocycles.